The second-order valence-electron chi connectivity index (χ2n) is 7.00. The van der Waals surface area contributed by atoms with E-state index in [1.54, 1.807) is 22.4 Å². The fourth-order valence-corrected chi connectivity index (χ4v) is 4.03. The van der Waals surface area contributed by atoms with E-state index in [-0.39, 0.29) is 29.6 Å². The van der Waals surface area contributed by atoms with Gasteiger partial charge in [0.2, 0.25) is 0 Å². The fraction of sp³-hybridized carbons (Fsp3) is 0.556. The second kappa shape index (κ2) is 7.57. The van der Waals surface area contributed by atoms with Crippen molar-refractivity contribution in [1.29, 1.82) is 0 Å². The first-order chi connectivity index (χ1) is 12.7. The Bertz CT molecular complexity index is 737. The smallest absolute Gasteiger partial charge is 0.276 e. The summed E-state index contributed by atoms with van der Waals surface area (Å²) in [5.41, 5.74) is 0.281. The first-order valence-electron chi connectivity index (χ1n) is 9.17. The molecule has 138 valence electrons. The maximum atomic E-state index is 13.2. The molecule has 2 heterocycles. The van der Waals surface area contributed by atoms with Crippen LogP contribution in [0.25, 0.3) is 0 Å². The molecule has 2 aromatic heterocycles. The Morgan fingerprint density at radius 1 is 1.23 bits per heavy atom. The van der Waals surface area contributed by atoms with Crippen molar-refractivity contribution in [1.82, 2.24) is 19.8 Å². The van der Waals surface area contributed by atoms with Crippen molar-refractivity contribution >= 4 is 23.3 Å². The SMILES string of the molecule is O=C(NC1CCCCC1)[C@H](c1ccco1)N(C(=O)c1csnn1)C1CC1. The van der Waals surface area contributed by atoms with Crippen LogP contribution in [0.2, 0.25) is 0 Å². The lowest BCUT2D eigenvalue weighted by Crippen LogP contribution is -2.48. The van der Waals surface area contributed by atoms with E-state index in [0.717, 1.165) is 50.1 Å². The Balaban J connectivity index is 1.61. The second-order valence-corrected chi connectivity index (χ2v) is 7.61. The maximum absolute atomic E-state index is 13.2. The third kappa shape index (κ3) is 3.65. The normalized spacial score (nSPS) is 19.1. The van der Waals surface area contributed by atoms with Gasteiger partial charge in [0.1, 0.15) is 5.76 Å². The first-order valence-corrected chi connectivity index (χ1v) is 10.0. The van der Waals surface area contributed by atoms with Crippen LogP contribution in [0, 0.1) is 0 Å². The summed E-state index contributed by atoms with van der Waals surface area (Å²) < 4.78 is 9.33. The van der Waals surface area contributed by atoms with Crippen molar-refractivity contribution in [3.05, 3.63) is 35.2 Å². The molecule has 0 unspecified atom stereocenters. The number of aromatic nitrogens is 2. The van der Waals surface area contributed by atoms with Gasteiger partial charge in [-0.1, -0.05) is 23.8 Å². The number of nitrogens with zero attached hydrogens (tertiary/aromatic N) is 3. The predicted molar refractivity (Wildman–Crippen MR) is 95.6 cm³/mol. The average molecular weight is 374 g/mol. The number of hydrogen-bond donors (Lipinski definition) is 1. The van der Waals surface area contributed by atoms with Gasteiger partial charge >= 0.3 is 0 Å². The predicted octanol–water partition coefficient (Wildman–Crippen LogP) is 2.93. The number of hydrogen-bond acceptors (Lipinski definition) is 6. The summed E-state index contributed by atoms with van der Waals surface area (Å²) in [4.78, 5) is 27.8. The molecule has 0 aromatic carbocycles. The van der Waals surface area contributed by atoms with Crippen LogP contribution < -0.4 is 5.32 Å². The Kier molecular flexibility index (Phi) is 5.01. The van der Waals surface area contributed by atoms with Crippen molar-refractivity contribution in [2.24, 2.45) is 0 Å². The van der Waals surface area contributed by atoms with Crippen LogP contribution in [0.3, 0.4) is 0 Å². The van der Waals surface area contributed by atoms with E-state index < -0.39 is 6.04 Å². The van der Waals surface area contributed by atoms with E-state index in [1.807, 2.05) is 0 Å². The van der Waals surface area contributed by atoms with Crippen molar-refractivity contribution < 1.29 is 14.0 Å². The number of carbonyl (C=O) groups excluding carboxylic acids is 2. The Morgan fingerprint density at radius 2 is 2.04 bits per heavy atom. The van der Waals surface area contributed by atoms with Gasteiger partial charge in [-0.2, -0.15) is 0 Å². The molecule has 2 aliphatic carbocycles. The van der Waals surface area contributed by atoms with Crippen molar-refractivity contribution in [3.63, 3.8) is 0 Å². The zero-order valence-corrected chi connectivity index (χ0v) is 15.3. The molecule has 2 aromatic rings. The fourth-order valence-electron chi connectivity index (χ4n) is 3.60. The number of amides is 2. The number of nitrogens with one attached hydrogen (secondary N) is 1. The molecule has 0 spiro atoms. The highest BCUT2D eigenvalue weighted by molar-refractivity contribution is 7.03. The van der Waals surface area contributed by atoms with Gasteiger partial charge in [0.25, 0.3) is 11.8 Å². The summed E-state index contributed by atoms with van der Waals surface area (Å²) in [6.07, 6.45) is 8.77. The molecule has 0 radical (unpaired) electrons. The summed E-state index contributed by atoms with van der Waals surface area (Å²) >= 11 is 1.13. The summed E-state index contributed by atoms with van der Waals surface area (Å²) in [5, 5.41) is 8.67. The van der Waals surface area contributed by atoms with Crippen LogP contribution in [-0.4, -0.2) is 38.4 Å². The van der Waals surface area contributed by atoms with Crippen LogP contribution in [0.1, 0.15) is 67.2 Å². The highest BCUT2D eigenvalue weighted by atomic mass is 32.1. The van der Waals surface area contributed by atoms with Crippen LogP contribution in [0.4, 0.5) is 0 Å². The molecule has 0 saturated heterocycles. The van der Waals surface area contributed by atoms with Gasteiger partial charge in [-0.3, -0.25) is 9.59 Å². The number of furan rings is 1. The van der Waals surface area contributed by atoms with Gasteiger partial charge in [0.15, 0.2) is 11.7 Å². The molecule has 7 nitrogen and oxygen atoms in total. The van der Waals surface area contributed by atoms with Crippen LogP contribution >= 0.6 is 11.5 Å². The van der Waals surface area contributed by atoms with Crippen LogP contribution in [0.5, 0.6) is 0 Å². The van der Waals surface area contributed by atoms with E-state index in [0.29, 0.717) is 5.76 Å². The molecular weight excluding hydrogens is 352 g/mol. The van der Waals surface area contributed by atoms with E-state index in [4.69, 9.17) is 4.42 Å². The lowest BCUT2D eigenvalue weighted by molar-refractivity contribution is -0.127. The van der Waals surface area contributed by atoms with E-state index in [9.17, 15) is 9.59 Å². The van der Waals surface area contributed by atoms with Gasteiger partial charge < -0.3 is 14.6 Å². The summed E-state index contributed by atoms with van der Waals surface area (Å²) in [6.45, 7) is 0. The summed E-state index contributed by atoms with van der Waals surface area (Å²) in [5.74, 6) is 0.0541. The van der Waals surface area contributed by atoms with Crippen molar-refractivity contribution in [2.45, 2.75) is 63.1 Å². The van der Waals surface area contributed by atoms with Gasteiger partial charge in [-0.15, -0.1) is 5.10 Å². The molecule has 2 amide bonds. The summed E-state index contributed by atoms with van der Waals surface area (Å²) in [6, 6.07) is 2.94. The molecule has 26 heavy (non-hydrogen) atoms. The van der Waals surface area contributed by atoms with E-state index in [2.05, 4.69) is 14.9 Å². The van der Waals surface area contributed by atoms with Crippen LogP contribution in [-0.2, 0) is 4.79 Å². The lowest BCUT2D eigenvalue weighted by Gasteiger charge is -2.31. The third-order valence-electron chi connectivity index (χ3n) is 5.04. The van der Waals surface area contributed by atoms with Crippen LogP contribution in [0.15, 0.2) is 28.2 Å². The Hall–Kier alpha value is -2.22. The topological polar surface area (TPSA) is 88.3 Å². The molecule has 0 aliphatic heterocycles. The van der Waals surface area contributed by atoms with Gasteiger partial charge in [0.05, 0.1) is 6.26 Å². The minimum atomic E-state index is -0.770. The molecule has 2 aliphatic rings. The minimum Gasteiger partial charge on any atom is -0.467 e. The first kappa shape index (κ1) is 17.2. The quantitative estimate of drug-likeness (QED) is 0.840. The monoisotopic (exact) mass is 374 g/mol. The highest BCUT2D eigenvalue weighted by Crippen LogP contribution is 2.36. The minimum absolute atomic E-state index is 0.0383. The lowest BCUT2D eigenvalue weighted by atomic mass is 9.95. The molecular formula is C18H22N4O3S. The molecule has 0 bridgehead atoms. The number of rotatable bonds is 6. The zero-order valence-electron chi connectivity index (χ0n) is 14.5. The number of carbonyl (C=O) groups is 2. The molecule has 2 fully saturated rings. The molecule has 4 rings (SSSR count). The highest BCUT2D eigenvalue weighted by Gasteiger charge is 2.44. The molecule has 8 heteroatoms. The molecule has 1 atom stereocenters. The van der Waals surface area contributed by atoms with E-state index in [1.165, 1.54) is 12.7 Å². The molecule has 2 saturated carbocycles. The average Bonchev–Trinajstić information content (AvgIpc) is 3.13. The van der Waals surface area contributed by atoms with Gasteiger partial charge in [0, 0.05) is 17.5 Å². The zero-order chi connectivity index (χ0) is 17.9. The summed E-state index contributed by atoms with van der Waals surface area (Å²) in [7, 11) is 0. The third-order valence-corrected chi connectivity index (χ3v) is 5.55. The maximum Gasteiger partial charge on any atom is 0.276 e. The standard InChI is InChI=1S/C18H22N4O3S/c23-17(19-12-5-2-1-3-6-12)16(15-7-4-10-25-15)22(13-8-9-13)18(24)14-11-26-21-20-14/h4,7,10-13,16H,1-3,5-6,8-9H2,(H,19,23)/t16-/m0/s1. The van der Waals surface area contributed by atoms with Gasteiger partial charge in [-0.25, -0.2) is 0 Å². The van der Waals surface area contributed by atoms with Gasteiger partial charge in [-0.05, 0) is 49.3 Å². The largest absolute Gasteiger partial charge is 0.467 e. The van der Waals surface area contributed by atoms with Crippen molar-refractivity contribution in [2.75, 3.05) is 0 Å². The Morgan fingerprint density at radius 3 is 2.65 bits per heavy atom. The molecule has 1 N–H and O–H groups in total. The Labute approximate surface area is 155 Å². The van der Waals surface area contributed by atoms with E-state index >= 15 is 0 Å². The van der Waals surface area contributed by atoms with Crippen molar-refractivity contribution in [3.8, 4) is 0 Å².